The number of carbonyl (C=O) groups is 3. The third-order valence-corrected chi connectivity index (χ3v) is 9.60. The molecule has 3 atom stereocenters. The fourth-order valence-electron chi connectivity index (χ4n) is 7.23. The summed E-state index contributed by atoms with van der Waals surface area (Å²) in [5, 5.41) is 30.9. The Kier molecular flexibility index (Phi) is 27.2. The molecule has 0 rings (SSSR count). The number of carboxylic acids is 3. The number of hydrogen-bond acceptors (Lipinski definition) is 3. The van der Waals surface area contributed by atoms with Crippen LogP contribution in [0, 0.1) is 0 Å². The van der Waals surface area contributed by atoms with Crippen molar-refractivity contribution in [3.63, 3.8) is 0 Å². The van der Waals surface area contributed by atoms with E-state index in [2.05, 4.69) is 19.1 Å². The summed E-state index contributed by atoms with van der Waals surface area (Å²) in [5.74, 6) is -3.24. The van der Waals surface area contributed by atoms with Crippen molar-refractivity contribution in [2.24, 2.45) is 0 Å². The van der Waals surface area contributed by atoms with Gasteiger partial charge in [0.1, 0.15) is 0 Å². The molecule has 0 aliphatic carbocycles. The molecule has 0 aliphatic rings. The lowest BCUT2D eigenvalue weighted by Crippen LogP contribution is -2.72. The normalized spacial score (nSPS) is 15.1. The quantitative estimate of drug-likeness (QED) is 0.0374. The second-order valence-corrected chi connectivity index (χ2v) is 13.3. The zero-order chi connectivity index (χ0) is 33.8. The van der Waals surface area contributed by atoms with Crippen LogP contribution in [0.1, 0.15) is 188 Å². The van der Waals surface area contributed by atoms with Gasteiger partial charge >= 0.3 is 17.9 Å². The summed E-state index contributed by atoms with van der Waals surface area (Å²) in [6.45, 7) is 8.11. The molecule has 264 valence electrons. The van der Waals surface area contributed by atoms with Crippen molar-refractivity contribution >= 4 is 17.9 Å². The maximum Gasteiger partial charge on any atom is 0.362 e. The monoisotopic (exact) mass is 639 g/mol. The van der Waals surface area contributed by atoms with Gasteiger partial charge in [0, 0.05) is 19.3 Å². The van der Waals surface area contributed by atoms with Crippen molar-refractivity contribution in [1.82, 2.24) is 0 Å². The first kappa shape index (κ1) is 43.1. The molecule has 0 bridgehead atoms. The maximum absolute atomic E-state index is 12.6. The van der Waals surface area contributed by atoms with Crippen molar-refractivity contribution < 1.29 is 34.2 Å². The number of aliphatic carboxylic acids is 3. The molecule has 0 aromatic rings. The largest absolute Gasteiger partial charge is 0.477 e. The average Bonchev–Trinajstić information content (AvgIpc) is 3.00. The summed E-state index contributed by atoms with van der Waals surface area (Å²) >= 11 is 0. The molecule has 7 nitrogen and oxygen atoms in total. The van der Waals surface area contributed by atoms with Crippen molar-refractivity contribution in [3.05, 3.63) is 12.2 Å². The molecule has 45 heavy (non-hydrogen) atoms. The summed E-state index contributed by atoms with van der Waals surface area (Å²) in [4.78, 5) is 37.8. The van der Waals surface area contributed by atoms with Crippen molar-refractivity contribution in [2.75, 3.05) is 6.54 Å². The van der Waals surface area contributed by atoms with E-state index >= 15 is 0 Å². The minimum absolute atomic E-state index is 0.272. The molecule has 0 aliphatic heterocycles. The summed E-state index contributed by atoms with van der Waals surface area (Å²) < 4.78 is -0.369. The van der Waals surface area contributed by atoms with Crippen LogP contribution in [0.2, 0.25) is 0 Å². The lowest BCUT2D eigenvalue weighted by molar-refractivity contribution is -0.973. The number of allylic oxidation sites excluding steroid dienone is 2. The molecule has 0 fully saturated rings. The number of carboxylic acid groups (broad SMARTS) is 3. The van der Waals surface area contributed by atoms with Crippen LogP contribution < -0.4 is 0 Å². The van der Waals surface area contributed by atoms with Crippen LogP contribution in [0.25, 0.3) is 0 Å². The van der Waals surface area contributed by atoms with Gasteiger partial charge in [0.15, 0.2) is 18.1 Å². The van der Waals surface area contributed by atoms with Gasteiger partial charge in [-0.1, -0.05) is 130 Å². The van der Waals surface area contributed by atoms with Gasteiger partial charge in [0.2, 0.25) is 0 Å². The zero-order valence-electron chi connectivity index (χ0n) is 29.8. The fraction of sp³-hybridized carbons (Fsp3) is 0.868. The summed E-state index contributed by atoms with van der Waals surface area (Å²) in [6, 6.07) is -3.13. The Hall–Kier alpha value is -1.89. The summed E-state index contributed by atoms with van der Waals surface area (Å²) in [5.41, 5.74) is 0. The van der Waals surface area contributed by atoms with E-state index in [4.69, 9.17) is 0 Å². The number of nitrogens with zero attached hydrogens (tertiary/aromatic N) is 1. The highest BCUT2D eigenvalue weighted by atomic mass is 16.4. The molecular formula is C38H72NO6+. The molecule has 0 aromatic heterocycles. The third-order valence-electron chi connectivity index (χ3n) is 9.60. The van der Waals surface area contributed by atoms with Crippen LogP contribution in [0.15, 0.2) is 12.2 Å². The van der Waals surface area contributed by atoms with Crippen LogP contribution in [-0.2, 0) is 14.4 Å². The highest BCUT2D eigenvalue weighted by molar-refractivity contribution is 5.78. The molecule has 0 aromatic carbocycles. The Morgan fingerprint density at radius 2 is 0.756 bits per heavy atom. The highest BCUT2D eigenvalue weighted by Gasteiger charge is 2.56. The molecule has 7 heteroatoms. The molecule has 0 spiro atoms. The molecular weight excluding hydrogens is 566 g/mol. The van der Waals surface area contributed by atoms with Gasteiger partial charge in [-0.3, -0.25) is 4.48 Å². The number of quaternary nitrogens is 1. The Morgan fingerprint density at radius 3 is 1.02 bits per heavy atom. The molecule has 0 amide bonds. The second-order valence-electron chi connectivity index (χ2n) is 13.3. The lowest BCUT2D eigenvalue weighted by Gasteiger charge is -2.50. The van der Waals surface area contributed by atoms with Gasteiger partial charge < -0.3 is 15.3 Å². The van der Waals surface area contributed by atoms with Crippen LogP contribution in [-0.4, -0.2) is 62.4 Å². The van der Waals surface area contributed by atoms with E-state index in [9.17, 15) is 29.7 Å². The maximum atomic E-state index is 12.6. The summed E-state index contributed by atoms with van der Waals surface area (Å²) in [6.07, 6.45) is 30.4. The highest BCUT2D eigenvalue weighted by Crippen LogP contribution is 2.34. The van der Waals surface area contributed by atoms with Gasteiger partial charge in [-0.25, -0.2) is 14.4 Å². The first-order valence-electron chi connectivity index (χ1n) is 18.9. The topological polar surface area (TPSA) is 112 Å². The first-order chi connectivity index (χ1) is 21.7. The van der Waals surface area contributed by atoms with E-state index in [0.717, 1.165) is 25.7 Å². The fourth-order valence-corrected chi connectivity index (χ4v) is 7.23. The Morgan fingerprint density at radius 1 is 0.467 bits per heavy atom. The standard InChI is InChI=1S/C38H71NO6/c1-5-9-10-11-12-13-14-15-16-17-18-19-20-21-22-23-24-25-26-27-28-32-39(33(29-6-2)36(40)41,34(30-7-3)37(42)43)35(31-8-4)38(44)45/h9-10,33-35H,5-8,11-32H2,1-4H3,(H2-,40,41,42,43,44,45)/p+1/b10-9+. The van der Waals surface area contributed by atoms with Crippen LogP contribution in [0.4, 0.5) is 0 Å². The summed E-state index contributed by atoms with van der Waals surface area (Å²) in [7, 11) is 0. The number of rotatable bonds is 33. The number of unbranched alkanes of at least 4 members (excludes halogenated alkanes) is 17. The Bertz CT molecular complexity index is 722. The minimum Gasteiger partial charge on any atom is -0.477 e. The van der Waals surface area contributed by atoms with E-state index in [1.54, 1.807) is 0 Å². The van der Waals surface area contributed by atoms with E-state index in [-0.39, 0.29) is 30.3 Å². The number of hydrogen-bond donors (Lipinski definition) is 3. The van der Waals surface area contributed by atoms with Gasteiger partial charge in [-0.05, 0) is 51.4 Å². The SMILES string of the molecule is CC/C=C/CCCCCCCCCCCCCCCCCCC[N+](C(CCC)C(=O)O)(C(CCC)C(=O)O)C(CCC)C(=O)O. The third kappa shape index (κ3) is 18.1. The van der Waals surface area contributed by atoms with Gasteiger partial charge in [0.05, 0.1) is 6.54 Å². The van der Waals surface area contributed by atoms with Gasteiger partial charge in [-0.15, -0.1) is 0 Å². The minimum atomic E-state index is -1.08. The Balaban J connectivity index is 4.62. The van der Waals surface area contributed by atoms with E-state index in [1.165, 1.54) is 89.9 Å². The van der Waals surface area contributed by atoms with Crippen molar-refractivity contribution in [2.45, 2.75) is 206 Å². The first-order valence-corrected chi connectivity index (χ1v) is 18.9. The van der Waals surface area contributed by atoms with Crippen LogP contribution >= 0.6 is 0 Å². The predicted octanol–water partition coefficient (Wildman–Crippen LogP) is 10.6. The van der Waals surface area contributed by atoms with E-state index in [1.807, 2.05) is 20.8 Å². The zero-order valence-corrected chi connectivity index (χ0v) is 29.8. The molecule has 0 saturated heterocycles. The van der Waals surface area contributed by atoms with Crippen LogP contribution in [0.3, 0.4) is 0 Å². The molecule has 0 saturated carbocycles. The van der Waals surface area contributed by atoms with Crippen LogP contribution in [0.5, 0.6) is 0 Å². The molecule has 3 unspecified atom stereocenters. The van der Waals surface area contributed by atoms with Crippen molar-refractivity contribution in [1.29, 1.82) is 0 Å². The van der Waals surface area contributed by atoms with Crippen molar-refractivity contribution in [3.8, 4) is 0 Å². The Labute approximate surface area is 276 Å². The average molecular weight is 639 g/mol. The second kappa shape index (κ2) is 28.3. The van der Waals surface area contributed by atoms with E-state index in [0.29, 0.717) is 25.7 Å². The van der Waals surface area contributed by atoms with Gasteiger partial charge in [-0.2, -0.15) is 0 Å². The van der Waals surface area contributed by atoms with Gasteiger partial charge in [0.25, 0.3) is 0 Å². The van der Waals surface area contributed by atoms with E-state index < -0.39 is 36.0 Å². The predicted molar refractivity (Wildman–Crippen MR) is 187 cm³/mol. The smallest absolute Gasteiger partial charge is 0.362 e. The molecule has 0 radical (unpaired) electrons. The lowest BCUT2D eigenvalue weighted by atomic mass is 9.91. The molecule has 0 heterocycles. The molecule has 3 N–H and O–H groups in total.